The molecule has 0 amide bonds. The monoisotopic (exact) mass is 481 g/mol. The van der Waals surface area contributed by atoms with Gasteiger partial charge in [-0.05, 0) is 112 Å². The van der Waals surface area contributed by atoms with E-state index in [9.17, 15) is 15.5 Å². The molecule has 0 unspecified atom stereocenters. The van der Waals surface area contributed by atoms with E-state index < -0.39 is 11.2 Å². The van der Waals surface area contributed by atoms with Crippen LogP contribution < -0.4 is 0 Å². The summed E-state index contributed by atoms with van der Waals surface area (Å²) in [6.45, 7) is 9.73. The highest BCUT2D eigenvalue weighted by Crippen LogP contribution is 2.68. The normalized spacial score (nSPS) is 44.9. The van der Waals surface area contributed by atoms with E-state index >= 15 is 0 Å². The third-order valence-corrected chi connectivity index (χ3v) is 11.8. The number of hydrogen-bond acceptors (Lipinski definition) is 4. The molecule has 5 nitrogen and oxygen atoms in total. The molecule has 1 aromatic rings. The van der Waals surface area contributed by atoms with Gasteiger partial charge in [-0.15, -0.1) is 0 Å². The molecule has 0 radical (unpaired) electrons. The summed E-state index contributed by atoms with van der Waals surface area (Å²) in [5.74, 6) is 3.10. The molecule has 1 aromatic heterocycles. The van der Waals surface area contributed by atoms with Crippen LogP contribution in [0.1, 0.15) is 110 Å². The number of rotatable bonds is 5. The fourth-order valence-electron chi connectivity index (χ4n) is 10.2. The lowest BCUT2D eigenvalue weighted by atomic mass is 9.40. The second-order valence-electron chi connectivity index (χ2n) is 13.8. The quantitative estimate of drug-likeness (QED) is 0.533. The molecule has 4 saturated carbocycles. The van der Waals surface area contributed by atoms with E-state index in [1.807, 2.05) is 6.92 Å². The molecule has 2 N–H and O–H groups in total. The van der Waals surface area contributed by atoms with Crippen LogP contribution in [0.25, 0.3) is 0 Å². The Bertz CT molecular complexity index is 965. The van der Waals surface area contributed by atoms with Crippen molar-refractivity contribution in [3.8, 4) is 6.07 Å². The minimum Gasteiger partial charge on any atom is -0.390 e. The Labute approximate surface area is 212 Å². The van der Waals surface area contributed by atoms with Gasteiger partial charge in [0.25, 0.3) is 0 Å². The minimum absolute atomic E-state index is 0.148. The largest absolute Gasteiger partial charge is 0.390 e. The molecule has 1 heterocycles. The molecule has 4 aliphatic carbocycles. The van der Waals surface area contributed by atoms with Crippen LogP contribution in [-0.4, -0.2) is 31.2 Å². The highest BCUT2D eigenvalue weighted by Gasteiger charge is 2.61. The lowest BCUT2D eigenvalue weighted by molar-refractivity contribution is -0.192. The number of aromatic nitrogens is 2. The van der Waals surface area contributed by atoms with Crippen LogP contribution in [0.4, 0.5) is 0 Å². The summed E-state index contributed by atoms with van der Waals surface area (Å²) >= 11 is 0. The molecule has 35 heavy (non-hydrogen) atoms. The van der Waals surface area contributed by atoms with Crippen LogP contribution in [-0.2, 0) is 6.54 Å². The van der Waals surface area contributed by atoms with Crippen molar-refractivity contribution in [2.24, 2.45) is 40.4 Å². The summed E-state index contributed by atoms with van der Waals surface area (Å²) in [6, 6.07) is 2.15. The van der Waals surface area contributed by atoms with Gasteiger partial charge in [-0.2, -0.15) is 10.4 Å². The van der Waals surface area contributed by atoms with E-state index in [0.717, 1.165) is 43.9 Å². The zero-order valence-electron chi connectivity index (χ0n) is 22.5. The topological polar surface area (TPSA) is 82.1 Å². The Hall–Kier alpha value is -1.38. The van der Waals surface area contributed by atoms with Crippen molar-refractivity contribution < 1.29 is 10.2 Å². The first-order valence-electron chi connectivity index (χ1n) is 14.4. The molecule has 0 aromatic carbocycles. The van der Waals surface area contributed by atoms with Crippen molar-refractivity contribution in [2.75, 3.05) is 0 Å². The summed E-state index contributed by atoms with van der Waals surface area (Å²) in [6.07, 6.45) is 17.2. The van der Waals surface area contributed by atoms with Gasteiger partial charge in [-0.1, -0.05) is 33.6 Å². The van der Waals surface area contributed by atoms with Crippen LogP contribution in [0, 0.1) is 51.8 Å². The first-order chi connectivity index (χ1) is 16.5. The fourth-order valence-corrected chi connectivity index (χ4v) is 10.2. The number of hydrogen-bond donors (Lipinski definition) is 2. The molecule has 5 heteroatoms. The molecule has 4 aliphatic rings. The summed E-state index contributed by atoms with van der Waals surface area (Å²) in [4.78, 5) is 0. The van der Waals surface area contributed by atoms with Crippen molar-refractivity contribution in [2.45, 2.75) is 122 Å². The maximum absolute atomic E-state index is 11.8. The Morgan fingerprint density at radius 1 is 1.11 bits per heavy atom. The van der Waals surface area contributed by atoms with Crippen LogP contribution in [0.15, 0.2) is 12.4 Å². The van der Waals surface area contributed by atoms with E-state index in [2.05, 4.69) is 31.9 Å². The first-order valence-corrected chi connectivity index (χ1v) is 14.4. The fraction of sp³-hybridized carbons (Fsp3) is 0.867. The van der Waals surface area contributed by atoms with Crippen molar-refractivity contribution >= 4 is 0 Å². The minimum atomic E-state index is -0.846. The predicted molar refractivity (Wildman–Crippen MR) is 137 cm³/mol. The summed E-state index contributed by atoms with van der Waals surface area (Å²) in [7, 11) is 0. The zero-order chi connectivity index (χ0) is 25.1. The smallest absolute Gasteiger partial charge is 0.102 e. The van der Waals surface area contributed by atoms with Gasteiger partial charge in [-0.25, -0.2) is 0 Å². The standard InChI is InChI=1S/C30H47N3O2/c1-5-12-30(35)15-14-27(2)22(16-30)9-10-23-24-7-6-8-26(28(24,3)13-11-25(23)27)29(4,34)20-33-19-21(17-31)18-32-33/h18-19,22-26,34-35H,5-16,20H2,1-4H3/t22-,23-,24-,25-,26-,27-,28-,29-,30+/m0/s1. The predicted octanol–water partition coefficient (Wildman–Crippen LogP) is 6.09. The number of nitriles is 1. The maximum Gasteiger partial charge on any atom is 0.102 e. The highest BCUT2D eigenvalue weighted by atomic mass is 16.3. The van der Waals surface area contributed by atoms with Gasteiger partial charge >= 0.3 is 0 Å². The van der Waals surface area contributed by atoms with Gasteiger partial charge in [0, 0.05) is 6.20 Å². The lowest BCUT2D eigenvalue weighted by Gasteiger charge is -2.65. The molecular weight excluding hydrogens is 434 g/mol. The highest BCUT2D eigenvalue weighted by molar-refractivity contribution is 5.21. The van der Waals surface area contributed by atoms with E-state index in [0.29, 0.717) is 29.4 Å². The molecule has 9 atom stereocenters. The summed E-state index contributed by atoms with van der Waals surface area (Å²) < 4.78 is 1.77. The Morgan fingerprint density at radius 3 is 2.60 bits per heavy atom. The van der Waals surface area contributed by atoms with Crippen LogP contribution >= 0.6 is 0 Å². The molecule has 0 aliphatic heterocycles. The van der Waals surface area contributed by atoms with E-state index in [4.69, 9.17) is 0 Å². The van der Waals surface area contributed by atoms with E-state index in [-0.39, 0.29) is 11.3 Å². The number of nitrogens with zero attached hydrogens (tertiary/aromatic N) is 3. The van der Waals surface area contributed by atoms with Crippen LogP contribution in [0.2, 0.25) is 0 Å². The zero-order valence-corrected chi connectivity index (χ0v) is 22.5. The van der Waals surface area contributed by atoms with Crippen LogP contribution in [0.5, 0.6) is 0 Å². The molecule has 4 fully saturated rings. The molecule has 0 saturated heterocycles. The third-order valence-electron chi connectivity index (χ3n) is 11.8. The van der Waals surface area contributed by atoms with Gasteiger partial charge in [0.05, 0.1) is 29.5 Å². The Morgan fingerprint density at radius 2 is 1.89 bits per heavy atom. The molecule has 0 bridgehead atoms. The molecule has 5 rings (SSSR count). The number of aliphatic hydroxyl groups is 2. The first kappa shape index (κ1) is 25.3. The van der Waals surface area contributed by atoms with Gasteiger partial charge in [-0.3, -0.25) is 4.68 Å². The van der Waals surface area contributed by atoms with Gasteiger partial charge in [0.1, 0.15) is 6.07 Å². The van der Waals surface area contributed by atoms with Crippen molar-refractivity contribution in [1.82, 2.24) is 9.78 Å². The number of fused-ring (bicyclic) bond motifs is 5. The average Bonchev–Trinajstić information content (AvgIpc) is 3.25. The third kappa shape index (κ3) is 4.17. The second kappa shape index (κ2) is 8.88. The summed E-state index contributed by atoms with van der Waals surface area (Å²) in [5, 5.41) is 36.6. The van der Waals surface area contributed by atoms with E-state index in [1.165, 1.54) is 44.9 Å². The maximum atomic E-state index is 11.8. The Kier molecular flexibility index (Phi) is 6.41. The molecule has 194 valence electrons. The summed E-state index contributed by atoms with van der Waals surface area (Å²) in [5.41, 5.74) is -0.210. The van der Waals surface area contributed by atoms with Crippen molar-refractivity contribution in [3.05, 3.63) is 18.0 Å². The van der Waals surface area contributed by atoms with E-state index in [1.54, 1.807) is 17.1 Å². The molecule has 0 spiro atoms. The van der Waals surface area contributed by atoms with Crippen molar-refractivity contribution in [1.29, 1.82) is 5.26 Å². The van der Waals surface area contributed by atoms with Crippen molar-refractivity contribution in [3.63, 3.8) is 0 Å². The van der Waals surface area contributed by atoms with Gasteiger partial charge in [0.2, 0.25) is 0 Å². The van der Waals surface area contributed by atoms with Gasteiger partial charge < -0.3 is 10.2 Å². The second-order valence-corrected chi connectivity index (χ2v) is 13.8. The lowest BCUT2D eigenvalue weighted by Crippen LogP contribution is -2.60. The average molecular weight is 482 g/mol. The Balaban J connectivity index is 1.36. The van der Waals surface area contributed by atoms with Gasteiger partial charge in [0.15, 0.2) is 0 Å². The SMILES string of the molecule is CCC[C@@]1(O)CC[C@@]2(C)[C@@H](CC[C@@H]3[C@@H]2CC[C@@]2(C)[C@H]3CCC[C@@H]2[C@@](C)(O)Cn2cc(C#N)cn2)C1. The molecular formula is C30H47N3O2. The van der Waals surface area contributed by atoms with Crippen LogP contribution in [0.3, 0.4) is 0 Å².